The van der Waals surface area contributed by atoms with Gasteiger partial charge in [-0.2, -0.15) is 0 Å². The van der Waals surface area contributed by atoms with E-state index in [2.05, 4.69) is 9.80 Å². The summed E-state index contributed by atoms with van der Waals surface area (Å²) in [5, 5.41) is 9.34. The van der Waals surface area contributed by atoms with Crippen molar-refractivity contribution in [2.45, 2.75) is 56.5 Å². The molecule has 4 heteroatoms. The maximum atomic E-state index is 11.3. The Kier molecular flexibility index (Phi) is 3.32. The maximum absolute atomic E-state index is 11.3. The van der Waals surface area contributed by atoms with Gasteiger partial charge in [0.1, 0.15) is 0 Å². The van der Waals surface area contributed by atoms with Crippen molar-refractivity contribution in [2.24, 2.45) is 0 Å². The van der Waals surface area contributed by atoms with Crippen molar-refractivity contribution in [3.05, 3.63) is 0 Å². The van der Waals surface area contributed by atoms with Crippen molar-refractivity contribution in [3.8, 4) is 0 Å². The lowest BCUT2D eigenvalue weighted by Crippen LogP contribution is -2.58. The summed E-state index contributed by atoms with van der Waals surface area (Å²) < 4.78 is 0. The van der Waals surface area contributed by atoms with Gasteiger partial charge in [-0.3, -0.25) is 14.6 Å². The largest absolute Gasteiger partial charge is 0.481 e. The molecule has 4 nitrogen and oxygen atoms in total. The third kappa shape index (κ3) is 1.95. The lowest BCUT2D eigenvalue weighted by Gasteiger charge is -2.46. The van der Waals surface area contributed by atoms with Crippen LogP contribution in [0.1, 0.15) is 44.9 Å². The van der Waals surface area contributed by atoms with Crippen LogP contribution in [0.4, 0.5) is 0 Å². The zero-order valence-electron chi connectivity index (χ0n) is 11.1. The van der Waals surface area contributed by atoms with E-state index in [1.165, 1.54) is 38.6 Å². The van der Waals surface area contributed by atoms with E-state index in [0.29, 0.717) is 12.5 Å². The van der Waals surface area contributed by atoms with Crippen molar-refractivity contribution in [2.75, 3.05) is 26.2 Å². The Labute approximate surface area is 109 Å². The van der Waals surface area contributed by atoms with E-state index in [-0.39, 0.29) is 5.54 Å². The number of aliphatic carboxylic acids is 1. The summed E-state index contributed by atoms with van der Waals surface area (Å²) in [5.41, 5.74) is -0.0528. The zero-order chi connectivity index (χ0) is 12.6. The Bertz CT molecular complexity index is 328. The molecule has 3 aliphatic heterocycles. The summed E-state index contributed by atoms with van der Waals surface area (Å²) in [5.74, 6) is -0.616. The number of hydrogen-bond donors (Lipinski definition) is 1. The minimum atomic E-state index is -0.616. The van der Waals surface area contributed by atoms with Crippen molar-refractivity contribution in [3.63, 3.8) is 0 Å². The number of carboxylic acid groups (broad SMARTS) is 1. The molecular weight excluding hydrogens is 228 g/mol. The molecule has 3 saturated heterocycles. The third-order valence-corrected chi connectivity index (χ3v) is 5.26. The SMILES string of the molecule is O=C(O)CC1(N2CCCCC2)CCN2CCCC21. The Balaban J connectivity index is 1.85. The summed E-state index contributed by atoms with van der Waals surface area (Å²) in [4.78, 5) is 16.4. The highest BCUT2D eigenvalue weighted by Crippen LogP contribution is 2.43. The predicted octanol–water partition coefficient (Wildman–Crippen LogP) is 1.55. The summed E-state index contributed by atoms with van der Waals surface area (Å²) in [6.45, 7) is 4.50. The van der Waals surface area contributed by atoms with Crippen LogP contribution in [0.2, 0.25) is 0 Å². The van der Waals surface area contributed by atoms with Crippen LogP contribution < -0.4 is 0 Å². The number of carboxylic acids is 1. The molecule has 3 aliphatic rings. The molecular formula is C14H24N2O2. The molecule has 1 N–H and O–H groups in total. The number of nitrogens with zero attached hydrogens (tertiary/aromatic N) is 2. The molecule has 0 aromatic rings. The Morgan fingerprint density at radius 3 is 2.61 bits per heavy atom. The second-order valence-corrected chi connectivity index (χ2v) is 6.17. The van der Waals surface area contributed by atoms with E-state index < -0.39 is 5.97 Å². The Morgan fingerprint density at radius 1 is 1.11 bits per heavy atom. The molecule has 0 saturated carbocycles. The summed E-state index contributed by atoms with van der Waals surface area (Å²) in [7, 11) is 0. The molecule has 0 aliphatic carbocycles. The topological polar surface area (TPSA) is 43.8 Å². The minimum absolute atomic E-state index is 0.0528. The summed E-state index contributed by atoms with van der Waals surface area (Å²) in [6.07, 6.45) is 7.65. The maximum Gasteiger partial charge on any atom is 0.305 e. The lowest BCUT2D eigenvalue weighted by molar-refractivity contribution is -0.141. The van der Waals surface area contributed by atoms with Gasteiger partial charge in [0.05, 0.1) is 6.42 Å². The van der Waals surface area contributed by atoms with E-state index in [1.54, 1.807) is 0 Å². The fourth-order valence-corrected chi connectivity index (χ4v) is 4.49. The fourth-order valence-electron chi connectivity index (χ4n) is 4.49. The van der Waals surface area contributed by atoms with Crippen LogP contribution in [-0.2, 0) is 4.79 Å². The first-order chi connectivity index (χ1) is 8.72. The highest BCUT2D eigenvalue weighted by atomic mass is 16.4. The van der Waals surface area contributed by atoms with Gasteiger partial charge in [-0.15, -0.1) is 0 Å². The van der Waals surface area contributed by atoms with Gasteiger partial charge in [0.25, 0.3) is 0 Å². The van der Waals surface area contributed by atoms with Gasteiger partial charge in [0.2, 0.25) is 0 Å². The average Bonchev–Trinajstić information content (AvgIpc) is 2.94. The van der Waals surface area contributed by atoms with Crippen LogP contribution in [0.5, 0.6) is 0 Å². The van der Waals surface area contributed by atoms with Gasteiger partial charge in [0, 0.05) is 18.1 Å². The predicted molar refractivity (Wildman–Crippen MR) is 69.6 cm³/mol. The van der Waals surface area contributed by atoms with E-state index in [4.69, 9.17) is 0 Å². The molecule has 0 amide bonds. The van der Waals surface area contributed by atoms with Crippen LogP contribution in [-0.4, -0.2) is 58.6 Å². The van der Waals surface area contributed by atoms with Gasteiger partial charge < -0.3 is 5.11 Å². The molecule has 0 spiro atoms. The third-order valence-electron chi connectivity index (χ3n) is 5.26. The van der Waals surface area contributed by atoms with Gasteiger partial charge >= 0.3 is 5.97 Å². The number of piperidine rings is 1. The van der Waals surface area contributed by atoms with E-state index >= 15 is 0 Å². The second-order valence-electron chi connectivity index (χ2n) is 6.17. The first kappa shape index (κ1) is 12.4. The molecule has 0 aromatic carbocycles. The number of likely N-dealkylation sites (tertiary alicyclic amines) is 1. The molecule has 3 rings (SSSR count). The zero-order valence-corrected chi connectivity index (χ0v) is 11.1. The highest BCUT2D eigenvalue weighted by molar-refractivity contribution is 5.68. The van der Waals surface area contributed by atoms with Crippen LogP contribution >= 0.6 is 0 Å². The first-order valence-corrected chi connectivity index (χ1v) is 7.43. The molecule has 3 fully saturated rings. The molecule has 18 heavy (non-hydrogen) atoms. The Morgan fingerprint density at radius 2 is 1.89 bits per heavy atom. The van der Waals surface area contributed by atoms with Gasteiger partial charge in [-0.25, -0.2) is 0 Å². The summed E-state index contributed by atoms with van der Waals surface area (Å²) in [6, 6.07) is 0.506. The normalized spacial score (nSPS) is 37.9. The van der Waals surface area contributed by atoms with Crippen molar-refractivity contribution >= 4 is 5.97 Å². The standard InChI is InChI=1S/C14H24N2O2/c17-13(18)11-14(16-8-2-1-3-9-16)6-10-15-7-4-5-12(14)15/h12H,1-11H2,(H,17,18). The Hall–Kier alpha value is -0.610. The van der Waals surface area contributed by atoms with Gasteiger partial charge in [-0.05, 0) is 51.7 Å². The lowest BCUT2D eigenvalue weighted by atomic mass is 9.82. The van der Waals surface area contributed by atoms with Crippen LogP contribution in [0, 0.1) is 0 Å². The molecule has 2 atom stereocenters. The van der Waals surface area contributed by atoms with Crippen molar-refractivity contribution in [1.82, 2.24) is 9.80 Å². The molecule has 102 valence electrons. The smallest absolute Gasteiger partial charge is 0.305 e. The van der Waals surface area contributed by atoms with Crippen LogP contribution in [0.25, 0.3) is 0 Å². The second kappa shape index (κ2) is 4.82. The quantitative estimate of drug-likeness (QED) is 0.828. The monoisotopic (exact) mass is 252 g/mol. The van der Waals surface area contributed by atoms with Gasteiger partial charge in [-0.1, -0.05) is 6.42 Å². The van der Waals surface area contributed by atoms with E-state index in [9.17, 15) is 9.90 Å². The van der Waals surface area contributed by atoms with E-state index in [1.807, 2.05) is 0 Å². The van der Waals surface area contributed by atoms with Crippen LogP contribution in [0.3, 0.4) is 0 Å². The fraction of sp³-hybridized carbons (Fsp3) is 0.929. The number of fused-ring (bicyclic) bond motifs is 1. The molecule has 3 heterocycles. The molecule has 0 bridgehead atoms. The van der Waals surface area contributed by atoms with Crippen molar-refractivity contribution < 1.29 is 9.90 Å². The number of rotatable bonds is 3. The van der Waals surface area contributed by atoms with E-state index in [0.717, 1.165) is 26.1 Å². The van der Waals surface area contributed by atoms with Crippen molar-refractivity contribution in [1.29, 1.82) is 0 Å². The first-order valence-electron chi connectivity index (χ1n) is 7.43. The van der Waals surface area contributed by atoms with Crippen LogP contribution in [0.15, 0.2) is 0 Å². The molecule has 0 radical (unpaired) electrons. The van der Waals surface area contributed by atoms with Gasteiger partial charge in [0.15, 0.2) is 0 Å². The number of carbonyl (C=O) groups is 1. The number of hydrogen-bond acceptors (Lipinski definition) is 3. The molecule has 0 aromatic heterocycles. The minimum Gasteiger partial charge on any atom is -0.481 e. The average molecular weight is 252 g/mol. The summed E-state index contributed by atoms with van der Waals surface area (Å²) >= 11 is 0. The highest BCUT2D eigenvalue weighted by Gasteiger charge is 2.53. The molecule has 2 unspecified atom stereocenters.